The summed E-state index contributed by atoms with van der Waals surface area (Å²) < 4.78 is 11.9. The summed E-state index contributed by atoms with van der Waals surface area (Å²) in [7, 11) is 0. The van der Waals surface area contributed by atoms with Crippen LogP contribution in [0.4, 0.5) is 0 Å². The smallest absolute Gasteiger partial charge is 0.283 e. The second kappa shape index (κ2) is 7.04. The molecule has 158 valence electrons. The van der Waals surface area contributed by atoms with E-state index in [4.69, 9.17) is 20.2 Å². The van der Waals surface area contributed by atoms with E-state index in [1.807, 2.05) is 18.3 Å². The minimum Gasteiger partial charge on any atom is -0.462 e. The molecular weight excluding hydrogens is 390 g/mol. The van der Waals surface area contributed by atoms with Crippen LogP contribution in [0, 0.1) is 5.41 Å². The Labute approximate surface area is 181 Å². The molecule has 0 unspecified atom stereocenters. The molecule has 0 aliphatic carbocycles. The number of benzene rings is 1. The maximum Gasteiger partial charge on any atom is 0.283 e. The van der Waals surface area contributed by atoms with Crippen molar-refractivity contribution in [2.45, 2.75) is 39.2 Å². The van der Waals surface area contributed by atoms with E-state index in [0.29, 0.717) is 18.2 Å². The van der Waals surface area contributed by atoms with Crippen LogP contribution in [0.3, 0.4) is 0 Å². The molecule has 2 aliphatic rings. The molecule has 0 radical (unpaired) electrons. The largest absolute Gasteiger partial charge is 0.462 e. The van der Waals surface area contributed by atoms with Crippen LogP contribution in [-0.4, -0.2) is 27.6 Å². The molecule has 0 fully saturated rings. The Morgan fingerprint density at radius 1 is 1.03 bits per heavy atom. The fourth-order valence-corrected chi connectivity index (χ4v) is 4.06. The van der Waals surface area contributed by atoms with Crippen molar-refractivity contribution >= 4 is 6.02 Å². The highest BCUT2D eigenvalue weighted by Gasteiger charge is 2.47. The molecule has 5 rings (SSSR count). The van der Waals surface area contributed by atoms with Crippen molar-refractivity contribution in [1.29, 1.82) is 0 Å². The van der Waals surface area contributed by atoms with E-state index in [1.165, 1.54) is 6.33 Å². The zero-order valence-electron chi connectivity index (χ0n) is 17.9. The third-order valence-electron chi connectivity index (χ3n) is 5.77. The van der Waals surface area contributed by atoms with Crippen molar-refractivity contribution in [2.75, 3.05) is 6.61 Å². The molecule has 0 saturated heterocycles. The predicted octanol–water partition coefficient (Wildman–Crippen LogP) is 4.21. The Morgan fingerprint density at radius 2 is 1.84 bits per heavy atom. The summed E-state index contributed by atoms with van der Waals surface area (Å²) in [5.41, 5.74) is 10.3. The Morgan fingerprint density at radius 3 is 2.55 bits per heavy atom. The first-order valence-electron chi connectivity index (χ1n) is 10.4. The minimum atomic E-state index is -0.788. The fourth-order valence-electron chi connectivity index (χ4n) is 4.06. The Kier molecular flexibility index (Phi) is 4.43. The first-order chi connectivity index (χ1) is 14.8. The number of fused-ring (bicyclic) bond motifs is 4. The van der Waals surface area contributed by atoms with Crippen LogP contribution < -0.4 is 10.5 Å². The number of aromatic nitrogens is 3. The van der Waals surface area contributed by atoms with Gasteiger partial charge in [0.05, 0.1) is 5.56 Å². The number of rotatable bonds is 3. The van der Waals surface area contributed by atoms with Crippen LogP contribution in [0.15, 0.2) is 54.2 Å². The van der Waals surface area contributed by atoms with Crippen LogP contribution in [0.5, 0.6) is 11.6 Å². The van der Waals surface area contributed by atoms with Crippen molar-refractivity contribution in [2.24, 2.45) is 16.1 Å². The average molecular weight is 415 g/mol. The third-order valence-corrected chi connectivity index (χ3v) is 5.77. The molecule has 1 aromatic carbocycles. The monoisotopic (exact) mass is 415 g/mol. The SMILES string of the molecule is CC(C)(C)CCc1cnc2c(c1)[C@]1(COC(N)=N1)c1cc(-c3cncnc3)ccc1O2. The zero-order valence-corrected chi connectivity index (χ0v) is 17.9. The Balaban J connectivity index is 1.63. The molecule has 2 N–H and O–H groups in total. The molecule has 2 aromatic heterocycles. The zero-order chi connectivity index (χ0) is 21.6. The van der Waals surface area contributed by atoms with Gasteiger partial charge in [-0.1, -0.05) is 26.8 Å². The minimum absolute atomic E-state index is 0.173. The van der Waals surface area contributed by atoms with E-state index in [2.05, 4.69) is 47.9 Å². The van der Waals surface area contributed by atoms with Crippen LogP contribution >= 0.6 is 0 Å². The third kappa shape index (κ3) is 3.50. The number of nitrogens with zero attached hydrogens (tertiary/aromatic N) is 4. The summed E-state index contributed by atoms with van der Waals surface area (Å²) in [4.78, 5) is 17.7. The molecule has 7 nitrogen and oxygen atoms in total. The first-order valence-corrected chi connectivity index (χ1v) is 10.4. The van der Waals surface area contributed by atoms with E-state index in [0.717, 1.165) is 40.7 Å². The van der Waals surface area contributed by atoms with Crippen LogP contribution in [0.25, 0.3) is 11.1 Å². The van der Waals surface area contributed by atoms with E-state index in [1.54, 1.807) is 12.4 Å². The van der Waals surface area contributed by atoms with Crippen LogP contribution in [0.2, 0.25) is 0 Å². The van der Waals surface area contributed by atoms with Gasteiger partial charge in [-0.3, -0.25) is 0 Å². The maximum absolute atomic E-state index is 6.18. The predicted molar refractivity (Wildman–Crippen MR) is 118 cm³/mol. The topological polar surface area (TPSA) is 95.5 Å². The lowest BCUT2D eigenvalue weighted by atomic mass is 9.80. The molecule has 0 bridgehead atoms. The molecule has 1 atom stereocenters. The lowest BCUT2D eigenvalue weighted by Crippen LogP contribution is -2.31. The molecule has 2 aliphatic heterocycles. The first kappa shape index (κ1) is 19.5. The van der Waals surface area contributed by atoms with Crippen molar-refractivity contribution in [3.63, 3.8) is 0 Å². The summed E-state index contributed by atoms with van der Waals surface area (Å²) in [5.74, 6) is 1.25. The number of aryl methyl sites for hydroxylation is 1. The molecule has 0 saturated carbocycles. The summed E-state index contributed by atoms with van der Waals surface area (Å²) in [6, 6.07) is 8.29. The van der Waals surface area contributed by atoms with Gasteiger partial charge in [0.15, 0.2) is 5.54 Å². The van der Waals surface area contributed by atoms with Gasteiger partial charge in [0.1, 0.15) is 18.7 Å². The average Bonchev–Trinajstić information content (AvgIpc) is 3.15. The van der Waals surface area contributed by atoms with Gasteiger partial charge in [0.2, 0.25) is 5.88 Å². The number of hydrogen-bond donors (Lipinski definition) is 1. The van der Waals surface area contributed by atoms with Gasteiger partial charge in [0.25, 0.3) is 6.02 Å². The Bertz CT molecular complexity index is 1170. The molecule has 0 amide bonds. The van der Waals surface area contributed by atoms with Gasteiger partial charge in [-0.2, -0.15) is 0 Å². The second-order valence-electron chi connectivity index (χ2n) is 9.30. The van der Waals surface area contributed by atoms with E-state index in [-0.39, 0.29) is 11.4 Å². The molecule has 7 heteroatoms. The molecule has 3 aromatic rings. The van der Waals surface area contributed by atoms with Crippen molar-refractivity contribution in [3.05, 3.63) is 65.9 Å². The quantitative estimate of drug-likeness (QED) is 0.688. The van der Waals surface area contributed by atoms with Crippen molar-refractivity contribution in [3.8, 4) is 22.8 Å². The Hall–Kier alpha value is -3.48. The lowest BCUT2D eigenvalue weighted by Gasteiger charge is -2.33. The highest BCUT2D eigenvalue weighted by Crippen LogP contribution is 2.51. The molecular formula is C24H25N5O2. The normalized spacial score (nSPS) is 19.3. The van der Waals surface area contributed by atoms with E-state index in [9.17, 15) is 0 Å². The van der Waals surface area contributed by atoms with E-state index < -0.39 is 5.54 Å². The van der Waals surface area contributed by atoms with Gasteiger partial charge in [-0.05, 0) is 47.6 Å². The highest BCUT2D eigenvalue weighted by molar-refractivity contribution is 5.77. The van der Waals surface area contributed by atoms with Crippen molar-refractivity contribution in [1.82, 2.24) is 15.0 Å². The van der Waals surface area contributed by atoms with Crippen molar-refractivity contribution < 1.29 is 9.47 Å². The van der Waals surface area contributed by atoms with Crippen LogP contribution in [-0.2, 0) is 16.7 Å². The van der Waals surface area contributed by atoms with E-state index >= 15 is 0 Å². The van der Waals surface area contributed by atoms with Gasteiger partial charge in [0, 0.05) is 29.7 Å². The summed E-state index contributed by atoms with van der Waals surface area (Å²) >= 11 is 0. The molecule has 31 heavy (non-hydrogen) atoms. The maximum atomic E-state index is 6.18. The summed E-state index contributed by atoms with van der Waals surface area (Å²) in [6.45, 7) is 7.03. The highest BCUT2D eigenvalue weighted by atomic mass is 16.5. The number of amidine groups is 1. The van der Waals surface area contributed by atoms with Gasteiger partial charge >= 0.3 is 0 Å². The number of pyridine rings is 1. The van der Waals surface area contributed by atoms with Crippen LogP contribution in [0.1, 0.15) is 43.9 Å². The van der Waals surface area contributed by atoms with Gasteiger partial charge < -0.3 is 15.2 Å². The number of aliphatic imine (C=N–C) groups is 1. The van der Waals surface area contributed by atoms with Gasteiger partial charge in [-0.25, -0.2) is 19.9 Å². The summed E-state index contributed by atoms with van der Waals surface area (Å²) in [5, 5.41) is 0. The molecule has 1 spiro atoms. The summed E-state index contributed by atoms with van der Waals surface area (Å²) in [6.07, 6.45) is 8.96. The standard InChI is InChI=1S/C24H25N5O2/c1-23(2,3)7-6-15-8-19-21(28-10-15)31-20-5-4-16(17-11-26-14-27-12-17)9-18(20)24(19)13-30-22(25)29-24/h4-5,8-12,14H,6-7,13H2,1-3H3,(H2,25,29)/t24-/m0/s1. The second-order valence-corrected chi connectivity index (χ2v) is 9.30. The molecule has 4 heterocycles. The lowest BCUT2D eigenvalue weighted by molar-refractivity contribution is 0.262. The number of ether oxygens (including phenoxy) is 2. The van der Waals surface area contributed by atoms with Gasteiger partial charge in [-0.15, -0.1) is 0 Å². The number of nitrogens with two attached hydrogens (primary N) is 1. The number of hydrogen-bond acceptors (Lipinski definition) is 7. The fraction of sp³-hybridized carbons (Fsp3) is 0.333.